The summed E-state index contributed by atoms with van der Waals surface area (Å²) < 4.78 is 2.78. The Balaban J connectivity index is 2.27. The SMILES string of the molecule is Ic1nnc(-c2cnn3ccccc23)s1. The molecule has 3 aromatic rings. The highest BCUT2D eigenvalue weighted by Gasteiger charge is 2.10. The third kappa shape index (κ3) is 1.53. The molecular formula is C9H5IN4S. The first-order valence-corrected chi connectivity index (χ1v) is 6.16. The molecule has 0 aliphatic heterocycles. The number of pyridine rings is 1. The molecule has 6 heteroatoms. The minimum absolute atomic E-state index is 0.917. The highest BCUT2D eigenvalue weighted by Crippen LogP contribution is 2.27. The molecule has 0 saturated carbocycles. The molecule has 0 aliphatic rings. The zero-order chi connectivity index (χ0) is 10.3. The first kappa shape index (κ1) is 9.22. The number of halogens is 1. The lowest BCUT2D eigenvalue weighted by molar-refractivity contribution is 0.961. The van der Waals surface area contributed by atoms with Crippen LogP contribution in [0.15, 0.2) is 30.6 Å². The molecule has 0 amide bonds. The highest BCUT2D eigenvalue weighted by atomic mass is 127. The Labute approximate surface area is 103 Å². The molecule has 0 radical (unpaired) electrons. The van der Waals surface area contributed by atoms with Crippen LogP contribution < -0.4 is 0 Å². The fourth-order valence-corrected chi connectivity index (χ4v) is 2.74. The average molecular weight is 328 g/mol. The number of hydrogen-bond donors (Lipinski definition) is 0. The van der Waals surface area contributed by atoms with Gasteiger partial charge in [0, 0.05) is 6.20 Å². The van der Waals surface area contributed by atoms with E-state index < -0.39 is 0 Å². The summed E-state index contributed by atoms with van der Waals surface area (Å²) in [5, 5.41) is 13.3. The van der Waals surface area contributed by atoms with Crippen LogP contribution in [0.3, 0.4) is 0 Å². The van der Waals surface area contributed by atoms with E-state index >= 15 is 0 Å². The van der Waals surface area contributed by atoms with Gasteiger partial charge in [0.15, 0.2) is 8.02 Å². The van der Waals surface area contributed by atoms with Crippen molar-refractivity contribution >= 4 is 39.4 Å². The lowest BCUT2D eigenvalue weighted by atomic mass is 10.3. The number of fused-ring (bicyclic) bond motifs is 1. The fraction of sp³-hybridized carbons (Fsp3) is 0. The van der Waals surface area contributed by atoms with E-state index in [1.165, 1.54) is 0 Å². The molecule has 0 bridgehead atoms. The molecule has 3 heterocycles. The largest absolute Gasteiger partial charge is 0.240 e. The molecule has 4 nitrogen and oxygen atoms in total. The minimum Gasteiger partial charge on any atom is -0.240 e. The van der Waals surface area contributed by atoms with E-state index in [9.17, 15) is 0 Å². The molecule has 0 saturated heterocycles. The predicted octanol–water partition coefficient (Wildman–Crippen LogP) is 2.46. The van der Waals surface area contributed by atoms with Gasteiger partial charge in [-0.2, -0.15) is 5.10 Å². The van der Waals surface area contributed by atoms with E-state index in [0.29, 0.717) is 0 Å². The Bertz CT molecular complexity index is 615. The summed E-state index contributed by atoms with van der Waals surface area (Å²) >= 11 is 3.74. The van der Waals surface area contributed by atoms with E-state index in [0.717, 1.165) is 19.1 Å². The first-order valence-electron chi connectivity index (χ1n) is 4.26. The zero-order valence-electron chi connectivity index (χ0n) is 7.46. The lowest BCUT2D eigenvalue weighted by Crippen LogP contribution is -1.83. The van der Waals surface area contributed by atoms with Crippen molar-refractivity contribution in [1.29, 1.82) is 0 Å². The molecular weight excluding hydrogens is 323 g/mol. The van der Waals surface area contributed by atoms with Gasteiger partial charge < -0.3 is 0 Å². The fourth-order valence-electron chi connectivity index (χ4n) is 1.41. The predicted molar refractivity (Wildman–Crippen MR) is 66.8 cm³/mol. The summed E-state index contributed by atoms with van der Waals surface area (Å²) in [5.74, 6) is 0. The molecule has 74 valence electrons. The Kier molecular flexibility index (Phi) is 2.17. The maximum Gasteiger partial charge on any atom is 0.178 e. The Morgan fingerprint density at radius 1 is 1.27 bits per heavy atom. The van der Waals surface area contributed by atoms with Crippen molar-refractivity contribution in [3.63, 3.8) is 0 Å². The van der Waals surface area contributed by atoms with Crippen LogP contribution in [0.2, 0.25) is 0 Å². The molecule has 0 spiro atoms. The average Bonchev–Trinajstić information content (AvgIpc) is 2.83. The second-order valence-electron chi connectivity index (χ2n) is 2.95. The van der Waals surface area contributed by atoms with Crippen LogP contribution in [-0.2, 0) is 0 Å². The zero-order valence-corrected chi connectivity index (χ0v) is 10.4. The van der Waals surface area contributed by atoms with Crippen molar-refractivity contribution in [2.45, 2.75) is 0 Å². The van der Waals surface area contributed by atoms with Gasteiger partial charge >= 0.3 is 0 Å². The Hall–Kier alpha value is -1.02. The third-order valence-electron chi connectivity index (χ3n) is 2.06. The molecule has 0 aromatic carbocycles. The maximum absolute atomic E-state index is 4.26. The standard InChI is InChI=1S/C9H5IN4S/c10-9-13-12-8(15-9)6-5-11-14-4-2-1-3-7(6)14/h1-5H. The van der Waals surface area contributed by atoms with E-state index in [1.807, 2.05) is 35.1 Å². The van der Waals surface area contributed by atoms with Gasteiger partial charge in [0.05, 0.1) is 17.3 Å². The topological polar surface area (TPSA) is 43.1 Å². The smallest absolute Gasteiger partial charge is 0.178 e. The quantitative estimate of drug-likeness (QED) is 0.645. The molecule has 0 aliphatic carbocycles. The summed E-state index contributed by atoms with van der Waals surface area (Å²) in [6, 6.07) is 5.97. The summed E-state index contributed by atoms with van der Waals surface area (Å²) in [4.78, 5) is 0. The van der Waals surface area contributed by atoms with E-state index in [1.54, 1.807) is 11.3 Å². The summed E-state index contributed by atoms with van der Waals surface area (Å²) in [6.07, 6.45) is 3.75. The first-order chi connectivity index (χ1) is 7.34. The number of nitrogens with zero attached hydrogens (tertiary/aromatic N) is 4. The van der Waals surface area contributed by atoms with Gasteiger partial charge in [-0.15, -0.1) is 10.2 Å². The maximum atomic E-state index is 4.26. The summed E-state index contributed by atoms with van der Waals surface area (Å²) in [6.45, 7) is 0. The highest BCUT2D eigenvalue weighted by molar-refractivity contribution is 14.1. The molecule has 0 atom stereocenters. The van der Waals surface area contributed by atoms with Crippen LogP contribution in [-0.4, -0.2) is 19.8 Å². The van der Waals surface area contributed by atoms with Crippen LogP contribution >= 0.6 is 33.9 Å². The summed E-state index contributed by atoms with van der Waals surface area (Å²) in [5.41, 5.74) is 2.10. The van der Waals surface area contributed by atoms with Crippen molar-refractivity contribution in [1.82, 2.24) is 19.8 Å². The van der Waals surface area contributed by atoms with Crippen LogP contribution in [0.5, 0.6) is 0 Å². The molecule has 3 aromatic heterocycles. The third-order valence-corrected chi connectivity index (χ3v) is 3.68. The van der Waals surface area contributed by atoms with Crippen LogP contribution in [0.1, 0.15) is 0 Å². The minimum atomic E-state index is 0.917. The monoisotopic (exact) mass is 328 g/mol. The number of aromatic nitrogens is 4. The second kappa shape index (κ2) is 3.53. The van der Waals surface area contributed by atoms with Crippen molar-refractivity contribution in [2.75, 3.05) is 0 Å². The summed E-state index contributed by atoms with van der Waals surface area (Å²) in [7, 11) is 0. The van der Waals surface area contributed by atoms with Crippen LogP contribution in [0.4, 0.5) is 0 Å². The van der Waals surface area contributed by atoms with Gasteiger partial charge in [0.25, 0.3) is 0 Å². The van der Waals surface area contributed by atoms with E-state index in [4.69, 9.17) is 0 Å². The number of rotatable bonds is 1. The van der Waals surface area contributed by atoms with Crippen molar-refractivity contribution in [2.24, 2.45) is 0 Å². The molecule has 0 fully saturated rings. The van der Waals surface area contributed by atoms with Gasteiger partial charge in [0.2, 0.25) is 0 Å². The van der Waals surface area contributed by atoms with Gasteiger partial charge in [-0.05, 0) is 34.7 Å². The Morgan fingerprint density at radius 3 is 3.00 bits per heavy atom. The van der Waals surface area contributed by atoms with Gasteiger partial charge in [-0.25, -0.2) is 4.52 Å². The van der Waals surface area contributed by atoms with E-state index in [2.05, 4.69) is 37.9 Å². The van der Waals surface area contributed by atoms with E-state index in [-0.39, 0.29) is 0 Å². The van der Waals surface area contributed by atoms with Crippen molar-refractivity contribution in [3.05, 3.63) is 33.6 Å². The molecule has 3 rings (SSSR count). The van der Waals surface area contributed by atoms with Crippen LogP contribution in [0.25, 0.3) is 16.1 Å². The van der Waals surface area contributed by atoms with Crippen LogP contribution in [0, 0.1) is 3.01 Å². The van der Waals surface area contributed by atoms with Gasteiger partial charge in [-0.1, -0.05) is 17.4 Å². The molecule has 0 N–H and O–H groups in total. The van der Waals surface area contributed by atoms with Gasteiger partial charge in [-0.3, -0.25) is 0 Å². The molecule has 15 heavy (non-hydrogen) atoms. The van der Waals surface area contributed by atoms with Crippen molar-refractivity contribution < 1.29 is 0 Å². The number of hydrogen-bond acceptors (Lipinski definition) is 4. The lowest BCUT2D eigenvalue weighted by Gasteiger charge is -1.92. The van der Waals surface area contributed by atoms with Gasteiger partial charge in [0.1, 0.15) is 0 Å². The Morgan fingerprint density at radius 2 is 2.20 bits per heavy atom. The van der Waals surface area contributed by atoms with Crippen molar-refractivity contribution in [3.8, 4) is 10.6 Å². The molecule has 0 unspecified atom stereocenters. The second-order valence-corrected chi connectivity index (χ2v) is 5.68. The normalized spacial score (nSPS) is 11.0.